The van der Waals surface area contributed by atoms with Gasteiger partial charge >= 0.3 is 5.97 Å². The molecule has 8 unspecified atom stereocenters. The third-order valence-electron chi connectivity index (χ3n) is 16.0. The summed E-state index contributed by atoms with van der Waals surface area (Å²) in [5.74, 6) is 0.813. The van der Waals surface area contributed by atoms with Crippen molar-refractivity contribution in [1.29, 1.82) is 0 Å². The van der Waals surface area contributed by atoms with E-state index in [1.54, 1.807) is 6.08 Å². The minimum Gasteiger partial charge on any atom is -0.508 e. The fourth-order valence-electron chi connectivity index (χ4n) is 11.6. The Morgan fingerprint density at radius 2 is 1.64 bits per heavy atom. The second kappa shape index (κ2) is 18.3. The first-order valence-electron chi connectivity index (χ1n) is 22.3. The number of esters is 1. The van der Waals surface area contributed by atoms with Gasteiger partial charge in [0.1, 0.15) is 29.0 Å². The summed E-state index contributed by atoms with van der Waals surface area (Å²) < 4.78 is 6.17. The fourth-order valence-corrected chi connectivity index (χ4v) is 11.6. The van der Waals surface area contributed by atoms with Crippen LogP contribution in [0.2, 0.25) is 0 Å². The Labute approximate surface area is 354 Å². The highest BCUT2D eigenvalue weighted by molar-refractivity contribution is 5.88. The summed E-state index contributed by atoms with van der Waals surface area (Å²) in [6.45, 7) is 18.9. The Balaban J connectivity index is 1.32. The highest BCUT2D eigenvalue weighted by Crippen LogP contribution is 2.71. The Hall–Kier alpha value is -3.46. The molecule has 0 amide bonds. The molecule has 8 nitrogen and oxygen atoms in total. The predicted molar refractivity (Wildman–Crippen MR) is 235 cm³/mol. The maximum Gasteiger partial charge on any atom is 0.334 e. The van der Waals surface area contributed by atoms with Crippen LogP contribution in [0.3, 0.4) is 0 Å². The number of carbonyl (C=O) groups excluding carboxylic acids is 2. The summed E-state index contributed by atoms with van der Waals surface area (Å²) in [4.78, 5) is 27.1. The van der Waals surface area contributed by atoms with E-state index in [0.717, 1.165) is 56.1 Å². The quantitative estimate of drug-likeness (QED) is 0.0453. The Kier molecular flexibility index (Phi) is 14.4. The normalized spacial score (nSPS) is 30.3. The van der Waals surface area contributed by atoms with Crippen molar-refractivity contribution in [3.8, 4) is 11.5 Å². The van der Waals surface area contributed by atoms with Gasteiger partial charge in [-0.2, -0.15) is 0 Å². The lowest BCUT2D eigenvalue weighted by Gasteiger charge is -2.59. The van der Waals surface area contributed by atoms with E-state index >= 15 is 0 Å². The van der Waals surface area contributed by atoms with Crippen molar-refractivity contribution >= 4 is 11.8 Å². The van der Waals surface area contributed by atoms with Crippen LogP contribution < -0.4 is 0 Å². The van der Waals surface area contributed by atoms with E-state index in [0.29, 0.717) is 60.9 Å². The Bertz CT molecular complexity index is 1880. The van der Waals surface area contributed by atoms with E-state index in [-0.39, 0.29) is 52.1 Å². The van der Waals surface area contributed by atoms with Gasteiger partial charge in [0.2, 0.25) is 0 Å². The monoisotopic (exact) mass is 815 g/mol. The van der Waals surface area contributed by atoms with Crippen LogP contribution in [0.4, 0.5) is 0 Å². The van der Waals surface area contributed by atoms with Crippen molar-refractivity contribution in [2.45, 2.75) is 157 Å². The number of benzene rings is 1. The molecular weight excluding hydrogens is 741 g/mol. The van der Waals surface area contributed by atoms with Crippen molar-refractivity contribution in [3.63, 3.8) is 0 Å². The molecular formula is C51H74O8. The van der Waals surface area contributed by atoms with Crippen LogP contribution in [-0.2, 0) is 20.7 Å². The molecule has 0 bridgehead atoms. The smallest absolute Gasteiger partial charge is 0.334 e. The van der Waals surface area contributed by atoms with Crippen molar-refractivity contribution in [2.24, 2.45) is 39.4 Å². The molecule has 5 N–H and O–H groups in total. The molecule has 2 saturated carbocycles. The number of fused-ring (bicyclic) bond motifs is 5. The third-order valence-corrected chi connectivity index (χ3v) is 16.0. The van der Waals surface area contributed by atoms with Crippen LogP contribution in [0.1, 0.15) is 145 Å². The molecule has 59 heavy (non-hydrogen) atoms. The highest BCUT2D eigenvalue weighted by atomic mass is 16.6. The molecule has 0 heterocycles. The number of aliphatic hydroxyl groups is 3. The summed E-state index contributed by atoms with van der Waals surface area (Å²) in [6, 6.07) is 4.30. The predicted octanol–water partition coefficient (Wildman–Crippen LogP) is 10.2. The average Bonchev–Trinajstić information content (AvgIpc) is 3.47. The van der Waals surface area contributed by atoms with Crippen LogP contribution in [-0.4, -0.2) is 62.2 Å². The molecule has 4 aliphatic rings. The molecule has 4 aliphatic carbocycles. The van der Waals surface area contributed by atoms with Crippen LogP contribution in [0.25, 0.3) is 0 Å². The zero-order valence-corrected chi connectivity index (χ0v) is 37.5. The average molecular weight is 815 g/mol. The van der Waals surface area contributed by atoms with Gasteiger partial charge in [0, 0.05) is 23.0 Å². The minimum absolute atomic E-state index is 0.00356. The van der Waals surface area contributed by atoms with Gasteiger partial charge in [0.25, 0.3) is 0 Å². The van der Waals surface area contributed by atoms with Gasteiger partial charge in [-0.3, -0.25) is 4.79 Å². The number of ether oxygens (including phenoxy) is 1. The molecule has 8 atom stereocenters. The summed E-state index contributed by atoms with van der Waals surface area (Å²) in [5.41, 5.74) is 3.95. The van der Waals surface area contributed by atoms with E-state index in [1.165, 1.54) is 36.3 Å². The molecule has 2 fully saturated rings. The first-order valence-corrected chi connectivity index (χ1v) is 22.3. The largest absolute Gasteiger partial charge is 0.508 e. The number of aromatic hydroxyl groups is 2. The number of phenols is 2. The van der Waals surface area contributed by atoms with Crippen LogP contribution in [0.15, 0.2) is 76.4 Å². The number of allylic oxidation sites excluding steroid dienone is 8. The zero-order chi connectivity index (χ0) is 43.6. The molecule has 326 valence electrons. The fraction of sp³-hybridized carbons (Fsp3) is 0.647. The summed E-state index contributed by atoms with van der Waals surface area (Å²) >= 11 is 0. The number of hydrogen-bond donors (Lipinski definition) is 5. The van der Waals surface area contributed by atoms with E-state index < -0.39 is 24.3 Å². The van der Waals surface area contributed by atoms with Crippen molar-refractivity contribution in [2.75, 3.05) is 13.2 Å². The molecule has 0 radical (unpaired) electrons. The zero-order valence-electron chi connectivity index (χ0n) is 37.5. The van der Waals surface area contributed by atoms with Gasteiger partial charge in [0.05, 0.1) is 13.2 Å². The summed E-state index contributed by atoms with van der Waals surface area (Å²) in [5, 5.41) is 51.6. The lowest BCUT2D eigenvalue weighted by molar-refractivity contribution is -0.165. The van der Waals surface area contributed by atoms with E-state index in [4.69, 9.17) is 4.74 Å². The maximum absolute atomic E-state index is 14.1. The third kappa shape index (κ3) is 9.40. The second-order valence-corrected chi connectivity index (χ2v) is 20.2. The number of ketones is 1. The van der Waals surface area contributed by atoms with Crippen molar-refractivity contribution in [3.05, 3.63) is 82.0 Å². The summed E-state index contributed by atoms with van der Waals surface area (Å²) in [6.07, 6.45) is 19.4. The number of aliphatic hydroxyl groups excluding tert-OH is 2. The number of rotatable bonds is 17. The second-order valence-electron chi connectivity index (χ2n) is 20.2. The Morgan fingerprint density at radius 3 is 2.34 bits per heavy atom. The number of phenolic OH excluding ortho intramolecular Hbond substituents is 2. The molecule has 1 aromatic carbocycles. The van der Waals surface area contributed by atoms with Gasteiger partial charge in [-0.1, -0.05) is 83.1 Å². The molecule has 5 rings (SSSR count). The minimum atomic E-state index is -1.66. The molecule has 8 heteroatoms. The summed E-state index contributed by atoms with van der Waals surface area (Å²) in [7, 11) is 0. The van der Waals surface area contributed by atoms with Crippen molar-refractivity contribution in [1.82, 2.24) is 0 Å². The molecule has 0 aliphatic heterocycles. The van der Waals surface area contributed by atoms with Crippen LogP contribution in [0, 0.1) is 39.4 Å². The van der Waals surface area contributed by atoms with Crippen molar-refractivity contribution < 1.29 is 39.9 Å². The number of Topliss-reactive ketones (excluding diaryl/α,β-unsaturated/α-hetero) is 1. The van der Waals surface area contributed by atoms with E-state index in [9.17, 15) is 35.1 Å². The van der Waals surface area contributed by atoms with Gasteiger partial charge in [0.15, 0.2) is 0 Å². The molecule has 1 aromatic rings. The standard InChI is InChI=1S/C51H74O8/c1-33(12-10-14-34(2)31-52)13-11-15-36(17-18-37-30-38(54)19-21-42(37)55)46(57)59-45(51(9,58)32-53)23-16-35(3)39-24-28-50(8)41-20-22-43-47(4,5)44(56)26-27-48(43,6)40(41)25-29-49(39,50)7/h13-14,17,19-21,25,30,35,39,43,45,52-55,58H,10-12,15-16,18,22-24,26-29,31-32H2,1-9H3. The number of hydrogen-bond acceptors (Lipinski definition) is 8. The lowest BCUT2D eigenvalue weighted by Crippen LogP contribution is -2.53. The maximum atomic E-state index is 14.1. The molecule has 0 spiro atoms. The van der Waals surface area contributed by atoms with Gasteiger partial charge in [-0.25, -0.2) is 4.79 Å². The SMILES string of the molecule is CC(=CCCC(C)=CCCC(=CCc1cc(O)ccc1O)C(=O)OC(CCC(C)C1CCC2(C)C3=CCC4C(C)(C)C(=O)CCC4(C)C3=CCC12C)C(C)(O)CO)CO. The highest BCUT2D eigenvalue weighted by Gasteiger charge is 2.63. The molecule has 0 saturated heterocycles. The van der Waals surface area contributed by atoms with Crippen LogP contribution in [0.5, 0.6) is 11.5 Å². The number of carbonyl (C=O) groups is 2. The van der Waals surface area contributed by atoms with E-state index in [2.05, 4.69) is 59.8 Å². The van der Waals surface area contributed by atoms with Crippen LogP contribution >= 0.6 is 0 Å². The lowest BCUT2D eigenvalue weighted by atomic mass is 9.44. The van der Waals surface area contributed by atoms with Gasteiger partial charge in [-0.05, 0) is 161 Å². The first kappa shape index (κ1) is 46.6. The topological polar surface area (TPSA) is 145 Å². The van der Waals surface area contributed by atoms with E-state index in [1.807, 2.05) is 19.9 Å². The first-order chi connectivity index (χ1) is 27.6. The van der Waals surface area contributed by atoms with Gasteiger partial charge < -0.3 is 30.3 Å². The molecule has 0 aromatic heterocycles. The van der Waals surface area contributed by atoms with Gasteiger partial charge in [-0.15, -0.1) is 0 Å². The Morgan fingerprint density at radius 1 is 0.949 bits per heavy atom.